The topological polar surface area (TPSA) is 139 Å². The summed E-state index contributed by atoms with van der Waals surface area (Å²) in [5.41, 5.74) is 0.226. The van der Waals surface area contributed by atoms with Gasteiger partial charge in [0.05, 0.1) is 42.5 Å². The molecular formula is C41H64O11. The fourth-order valence-corrected chi connectivity index (χ4v) is 11.2. The predicted molar refractivity (Wildman–Crippen MR) is 192 cm³/mol. The van der Waals surface area contributed by atoms with Crippen LogP contribution in [0.2, 0.25) is 0 Å². The number of carbonyl (C=O) groups is 2. The minimum absolute atomic E-state index is 0.0266. The molecule has 0 aromatic rings. The van der Waals surface area contributed by atoms with Crippen molar-refractivity contribution in [1.82, 2.24) is 0 Å². The Kier molecular flexibility index (Phi) is 11.9. The molecule has 6 aliphatic rings. The highest BCUT2D eigenvalue weighted by molar-refractivity contribution is 5.80. The number of fused-ring (bicyclic) bond motifs is 5. The van der Waals surface area contributed by atoms with Crippen LogP contribution in [0.3, 0.4) is 0 Å². The van der Waals surface area contributed by atoms with Crippen LogP contribution in [0.1, 0.15) is 113 Å². The van der Waals surface area contributed by atoms with Crippen LogP contribution in [0.15, 0.2) is 23.3 Å². The van der Waals surface area contributed by atoms with E-state index < -0.39 is 41.9 Å². The Balaban J connectivity index is 1.14. The zero-order valence-electron chi connectivity index (χ0n) is 32.8. The highest BCUT2D eigenvalue weighted by Gasteiger charge is 2.71. The molecule has 0 radical (unpaired) electrons. The largest absolute Gasteiger partial charge is 0.461 e. The Morgan fingerprint density at radius 3 is 2.27 bits per heavy atom. The number of ketones is 1. The molecule has 4 aliphatic carbocycles. The maximum atomic E-state index is 13.2. The highest BCUT2D eigenvalue weighted by Crippen LogP contribution is 2.68. The third-order valence-corrected chi connectivity index (χ3v) is 14.3. The minimum atomic E-state index is -1.11. The van der Waals surface area contributed by atoms with Gasteiger partial charge >= 0.3 is 5.97 Å². The number of methoxy groups -OCH3 is 2. The van der Waals surface area contributed by atoms with Gasteiger partial charge in [0.25, 0.3) is 0 Å². The van der Waals surface area contributed by atoms with Crippen LogP contribution in [0.25, 0.3) is 0 Å². The van der Waals surface area contributed by atoms with E-state index in [0.29, 0.717) is 32.1 Å². The number of carbonyl (C=O) groups excluding carboxylic acids is 2. The van der Waals surface area contributed by atoms with Gasteiger partial charge in [0.1, 0.15) is 24.1 Å². The van der Waals surface area contributed by atoms with Crippen molar-refractivity contribution in [2.45, 2.75) is 180 Å². The summed E-state index contributed by atoms with van der Waals surface area (Å²) >= 11 is 0. The van der Waals surface area contributed by atoms with Gasteiger partial charge in [0.2, 0.25) is 0 Å². The number of hydrogen-bond acceptors (Lipinski definition) is 11. The summed E-state index contributed by atoms with van der Waals surface area (Å²) in [5.74, 6) is -0.527. The molecule has 294 valence electrons. The average Bonchev–Trinajstić information content (AvgIpc) is 3.38. The fraction of sp³-hybridized carbons (Fsp3) is 0.854. The van der Waals surface area contributed by atoms with E-state index in [0.717, 1.165) is 31.3 Å². The summed E-state index contributed by atoms with van der Waals surface area (Å²) in [6, 6.07) is 0. The molecule has 3 saturated carbocycles. The van der Waals surface area contributed by atoms with E-state index in [9.17, 15) is 19.8 Å². The lowest BCUT2D eigenvalue weighted by molar-refractivity contribution is -0.319. The molecule has 2 saturated heterocycles. The Hall–Kier alpha value is -1.70. The molecule has 16 atom stereocenters. The molecule has 0 amide bonds. The molecule has 0 spiro atoms. The molecule has 0 bridgehead atoms. The van der Waals surface area contributed by atoms with E-state index >= 15 is 0 Å². The first-order valence-electron chi connectivity index (χ1n) is 19.7. The van der Waals surface area contributed by atoms with E-state index in [-0.39, 0.29) is 71.9 Å². The second kappa shape index (κ2) is 15.4. The van der Waals surface area contributed by atoms with Gasteiger partial charge in [-0.05, 0) is 96.8 Å². The molecular weight excluding hydrogens is 668 g/mol. The molecule has 0 unspecified atom stereocenters. The van der Waals surface area contributed by atoms with Gasteiger partial charge < -0.3 is 43.4 Å². The highest BCUT2D eigenvalue weighted by atomic mass is 16.7. The number of aliphatic hydroxyl groups excluding tert-OH is 1. The van der Waals surface area contributed by atoms with Crippen LogP contribution in [0.4, 0.5) is 0 Å². The van der Waals surface area contributed by atoms with Crippen LogP contribution < -0.4 is 0 Å². The Labute approximate surface area is 310 Å². The number of rotatable bonds is 10. The first kappa shape index (κ1) is 40.0. The van der Waals surface area contributed by atoms with Crippen molar-refractivity contribution in [1.29, 1.82) is 0 Å². The van der Waals surface area contributed by atoms with Gasteiger partial charge in [-0.3, -0.25) is 9.59 Å². The predicted octanol–water partition coefficient (Wildman–Crippen LogP) is 5.58. The van der Waals surface area contributed by atoms with Gasteiger partial charge in [-0.15, -0.1) is 0 Å². The first-order valence-corrected chi connectivity index (χ1v) is 19.7. The number of aliphatic hydroxyl groups is 2. The van der Waals surface area contributed by atoms with Crippen LogP contribution >= 0.6 is 0 Å². The van der Waals surface area contributed by atoms with Crippen molar-refractivity contribution < 1.29 is 53.0 Å². The van der Waals surface area contributed by atoms with Gasteiger partial charge in [-0.1, -0.05) is 37.1 Å². The maximum Gasteiger partial charge on any atom is 0.309 e. The zero-order chi connectivity index (χ0) is 37.7. The molecule has 6 rings (SSSR count). The van der Waals surface area contributed by atoms with Crippen molar-refractivity contribution in [3.8, 4) is 0 Å². The van der Waals surface area contributed by atoms with E-state index in [1.807, 2.05) is 40.7 Å². The Bertz CT molecular complexity index is 1380. The summed E-state index contributed by atoms with van der Waals surface area (Å²) in [6.07, 6.45) is 6.13. The van der Waals surface area contributed by atoms with E-state index in [1.165, 1.54) is 5.57 Å². The van der Waals surface area contributed by atoms with Crippen LogP contribution in [0.5, 0.6) is 0 Å². The third-order valence-electron chi connectivity index (χ3n) is 14.3. The number of ether oxygens (including phenoxy) is 7. The van der Waals surface area contributed by atoms with E-state index in [4.69, 9.17) is 33.2 Å². The zero-order valence-corrected chi connectivity index (χ0v) is 32.8. The van der Waals surface area contributed by atoms with Crippen molar-refractivity contribution >= 4 is 11.8 Å². The van der Waals surface area contributed by atoms with Gasteiger partial charge in [-0.2, -0.15) is 0 Å². The second-order valence-corrected chi connectivity index (χ2v) is 17.4. The monoisotopic (exact) mass is 732 g/mol. The summed E-state index contributed by atoms with van der Waals surface area (Å²) in [4.78, 5) is 26.2. The SMILES string of the molecule is CO[C@H]1C[C@H](O[C@H]2CC[C@@]3(C)C(=CC[C@@H]4[C@@H]3C[C@@H](OC(=O)CC=C(C)C)[C@]3(C)[C@H](C(C)=O)CC[C@]43O)C2)O[C@H](C)[C@H]1O[C@H]1C[C@@H](OC)[C@H](O)[C@@H](C)O1. The Morgan fingerprint density at radius 1 is 0.923 bits per heavy atom. The number of hydrogen-bond donors (Lipinski definition) is 2. The fourth-order valence-electron chi connectivity index (χ4n) is 11.2. The van der Waals surface area contributed by atoms with E-state index in [1.54, 1.807) is 21.1 Å². The van der Waals surface area contributed by atoms with E-state index in [2.05, 4.69) is 13.0 Å². The number of esters is 1. The molecule has 11 heteroatoms. The number of Topliss-reactive ketones (excluding diaryl/α,β-unsaturated/α-hetero) is 1. The first-order chi connectivity index (χ1) is 24.5. The summed E-state index contributed by atoms with van der Waals surface area (Å²) in [5, 5.41) is 23.1. The maximum absolute atomic E-state index is 13.2. The lowest BCUT2D eigenvalue weighted by Crippen LogP contribution is -2.66. The smallest absolute Gasteiger partial charge is 0.309 e. The lowest BCUT2D eigenvalue weighted by Gasteiger charge is -2.63. The summed E-state index contributed by atoms with van der Waals surface area (Å²) in [6.45, 7) is 13.6. The van der Waals surface area contributed by atoms with Crippen LogP contribution in [-0.2, 0) is 42.7 Å². The lowest BCUT2D eigenvalue weighted by atomic mass is 9.45. The molecule has 2 heterocycles. The molecule has 0 aromatic heterocycles. The number of allylic oxidation sites excluding steroid dienone is 2. The third kappa shape index (κ3) is 7.11. The minimum Gasteiger partial charge on any atom is -0.461 e. The van der Waals surface area contributed by atoms with Crippen molar-refractivity contribution in [3.63, 3.8) is 0 Å². The molecule has 0 aromatic carbocycles. The average molecular weight is 733 g/mol. The second-order valence-electron chi connectivity index (χ2n) is 17.4. The summed E-state index contributed by atoms with van der Waals surface area (Å²) in [7, 11) is 3.26. The van der Waals surface area contributed by atoms with Crippen molar-refractivity contribution in [2.24, 2.45) is 28.6 Å². The van der Waals surface area contributed by atoms with Gasteiger partial charge in [0, 0.05) is 38.4 Å². The normalized spacial score (nSPS) is 47.4. The molecule has 5 fully saturated rings. The molecule has 2 N–H and O–H groups in total. The molecule has 2 aliphatic heterocycles. The van der Waals surface area contributed by atoms with Crippen molar-refractivity contribution in [2.75, 3.05) is 14.2 Å². The Morgan fingerprint density at radius 2 is 1.60 bits per heavy atom. The quantitative estimate of drug-likeness (QED) is 0.215. The molecule has 11 nitrogen and oxygen atoms in total. The van der Waals surface area contributed by atoms with Crippen LogP contribution in [-0.4, -0.2) is 103 Å². The summed E-state index contributed by atoms with van der Waals surface area (Å²) < 4.78 is 43.2. The molecule has 52 heavy (non-hydrogen) atoms. The van der Waals surface area contributed by atoms with Crippen LogP contribution in [0, 0.1) is 28.6 Å². The van der Waals surface area contributed by atoms with Gasteiger partial charge in [0.15, 0.2) is 12.6 Å². The van der Waals surface area contributed by atoms with Crippen molar-refractivity contribution in [3.05, 3.63) is 23.3 Å². The standard InChI is InChI=1S/C41H64O11/c1-22(2)10-13-34(43)51-33-19-30-29(41(45)17-15-28(23(3)42)40(33,41)7)12-11-26-18-27(14-16-39(26,30)6)50-35-21-32(47-9)38(25(5)49-35)52-36-20-31(46-8)37(44)24(4)48-36/h10-11,24-25,27-33,35-38,44-45H,12-21H2,1-9H3/t24-,25-,27+,28+,29-,30+,31-,32+,33-,35+,36+,37-,38-,39+,40+,41+/m1/s1. The van der Waals surface area contributed by atoms with Gasteiger partial charge in [-0.25, -0.2) is 0 Å².